The third kappa shape index (κ3) is 3.33. The van der Waals surface area contributed by atoms with Crippen LogP contribution in [0.4, 0.5) is 0 Å². The molecule has 1 atom stereocenters. The van der Waals surface area contributed by atoms with Gasteiger partial charge in [0.05, 0.1) is 5.69 Å². The number of halogens is 1. The highest BCUT2D eigenvalue weighted by Crippen LogP contribution is 2.21. The Labute approximate surface area is 128 Å². The first kappa shape index (κ1) is 15.3. The average molecular weight is 302 g/mol. The lowest BCUT2D eigenvalue weighted by molar-refractivity contribution is 0.530. The van der Waals surface area contributed by atoms with Crippen LogP contribution in [0.25, 0.3) is 11.3 Å². The molecular weight excluding hydrogens is 286 g/mol. The van der Waals surface area contributed by atoms with Gasteiger partial charge in [0.15, 0.2) is 0 Å². The summed E-state index contributed by atoms with van der Waals surface area (Å²) in [5.41, 5.74) is 7.38. The molecule has 0 radical (unpaired) electrons. The van der Waals surface area contributed by atoms with Crippen molar-refractivity contribution >= 4 is 11.6 Å². The highest BCUT2D eigenvalue weighted by Gasteiger charge is 2.12. The van der Waals surface area contributed by atoms with E-state index in [0.29, 0.717) is 11.6 Å². The molecule has 5 heteroatoms. The number of nitrogens with zero attached hydrogens (tertiary/aromatic N) is 2. The molecule has 0 spiro atoms. The van der Waals surface area contributed by atoms with Gasteiger partial charge in [-0.05, 0) is 36.2 Å². The van der Waals surface area contributed by atoms with Crippen LogP contribution < -0.4 is 11.3 Å². The van der Waals surface area contributed by atoms with Crippen molar-refractivity contribution in [2.24, 2.45) is 5.73 Å². The molecule has 1 unspecified atom stereocenters. The van der Waals surface area contributed by atoms with Gasteiger partial charge in [0, 0.05) is 17.6 Å². The molecule has 2 aromatic rings. The lowest BCUT2D eigenvalue weighted by atomic mass is 10.1. The van der Waals surface area contributed by atoms with Gasteiger partial charge in [-0.3, -0.25) is 4.79 Å². The van der Waals surface area contributed by atoms with E-state index in [1.807, 2.05) is 25.1 Å². The van der Waals surface area contributed by atoms with Gasteiger partial charge in [0.2, 0.25) is 0 Å². The predicted molar refractivity (Wildman–Crippen MR) is 84.1 cm³/mol. The number of benzene rings is 1. The zero-order valence-electron chi connectivity index (χ0n) is 11.7. The molecule has 0 fully saturated rings. The fraction of sp³-hybridized carbons (Fsp3) is 0.250. The third-order valence-electron chi connectivity index (χ3n) is 3.38. The van der Waals surface area contributed by atoms with Crippen LogP contribution in [0.15, 0.2) is 41.2 Å². The molecule has 21 heavy (non-hydrogen) atoms. The van der Waals surface area contributed by atoms with E-state index in [9.17, 15) is 4.79 Å². The fourth-order valence-electron chi connectivity index (χ4n) is 2.08. The molecule has 1 heterocycles. The summed E-state index contributed by atoms with van der Waals surface area (Å²) in [5, 5.41) is 9.65. The molecule has 2 N–H and O–H groups in total. The van der Waals surface area contributed by atoms with E-state index in [4.69, 9.17) is 22.6 Å². The maximum absolute atomic E-state index is 12.4. The van der Waals surface area contributed by atoms with E-state index < -0.39 is 0 Å². The van der Waals surface area contributed by atoms with Gasteiger partial charge in [0.25, 0.3) is 5.56 Å². The Hall–Kier alpha value is -2.09. The van der Waals surface area contributed by atoms with Crippen molar-refractivity contribution in [3.63, 3.8) is 0 Å². The highest BCUT2D eigenvalue weighted by molar-refractivity contribution is 6.30. The molecule has 0 aliphatic heterocycles. The quantitative estimate of drug-likeness (QED) is 0.944. The molecule has 4 nitrogen and oxygen atoms in total. The van der Waals surface area contributed by atoms with Gasteiger partial charge < -0.3 is 10.3 Å². The average Bonchev–Trinajstić information content (AvgIpc) is 2.50. The normalized spacial score (nSPS) is 11.9. The molecule has 1 aromatic heterocycles. The maximum atomic E-state index is 12.4. The Kier molecular flexibility index (Phi) is 4.79. The monoisotopic (exact) mass is 301 g/mol. The lowest BCUT2D eigenvalue weighted by Crippen LogP contribution is -2.33. The van der Waals surface area contributed by atoms with Gasteiger partial charge in [-0.25, -0.2) is 0 Å². The van der Waals surface area contributed by atoms with E-state index in [2.05, 4.69) is 0 Å². The number of nitrogens with two attached hydrogens (primary N) is 1. The largest absolute Gasteiger partial charge is 0.326 e. The van der Waals surface area contributed by atoms with Crippen LogP contribution in [0.2, 0.25) is 5.02 Å². The number of hydrogen-bond acceptors (Lipinski definition) is 3. The molecule has 0 aliphatic rings. The maximum Gasteiger partial charge on any atom is 0.268 e. The second-order valence-corrected chi connectivity index (χ2v) is 5.27. The highest BCUT2D eigenvalue weighted by atomic mass is 35.5. The van der Waals surface area contributed by atoms with Gasteiger partial charge in [-0.15, -0.1) is 0 Å². The van der Waals surface area contributed by atoms with Crippen molar-refractivity contribution in [3.8, 4) is 17.3 Å². The number of hydrogen-bond donors (Lipinski definition) is 1. The van der Waals surface area contributed by atoms with Crippen LogP contribution in [0.3, 0.4) is 0 Å². The van der Waals surface area contributed by atoms with Gasteiger partial charge in [-0.2, -0.15) is 5.26 Å². The zero-order chi connectivity index (χ0) is 15.4. The SMILES string of the molecule is CCC(N)Cn1c(-c2ccc(Cl)cc2)ccc(C#N)c1=O. The van der Waals surface area contributed by atoms with Crippen LogP contribution in [-0.4, -0.2) is 10.6 Å². The van der Waals surface area contributed by atoms with Crippen molar-refractivity contribution in [2.45, 2.75) is 25.9 Å². The summed E-state index contributed by atoms with van der Waals surface area (Å²) in [6.45, 7) is 2.34. The molecule has 108 valence electrons. The summed E-state index contributed by atoms with van der Waals surface area (Å²) in [6.07, 6.45) is 0.753. The summed E-state index contributed by atoms with van der Waals surface area (Å²) >= 11 is 5.89. The van der Waals surface area contributed by atoms with Crippen LogP contribution >= 0.6 is 11.6 Å². The van der Waals surface area contributed by atoms with Crippen molar-refractivity contribution in [3.05, 3.63) is 57.3 Å². The Bertz CT molecular complexity index is 729. The number of pyridine rings is 1. The van der Waals surface area contributed by atoms with E-state index >= 15 is 0 Å². The third-order valence-corrected chi connectivity index (χ3v) is 3.63. The number of rotatable bonds is 4. The standard InChI is InChI=1S/C16H16ClN3O/c1-2-14(19)10-20-15(8-5-12(9-18)16(20)21)11-3-6-13(17)7-4-11/h3-8,14H,2,10,19H2,1H3. The Balaban J connectivity index is 2.60. The zero-order valence-corrected chi connectivity index (χ0v) is 12.5. The molecule has 2 rings (SSSR count). The van der Waals surface area contributed by atoms with E-state index in [1.54, 1.807) is 28.8 Å². The second kappa shape index (κ2) is 6.57. The number of nitriles is 1. The lowest BCUT2D eigenvalue weighted by Gasteiger charge is -2.17. The topological polar surface area (TPSA) is 71.8 Å². The van der Waals surface area contributed by atoms with E-state index in [0.717, 1.165) is 17.7 Å². The Morgan fingerprint density at radius 3 is 2.52 bits per heavy atom. The number of aromatic nitrogens is 1. The van der Waals surface area contributed by atoms with Crippen LogP contribution in [0.5, 0.6) is 0 Å². The summed E-state index contributed by atoms with van der Waals surface area (Å²) in [4.78, 5) is 12.4. The van der Waals surface area contributed by atoms with Crippen molar-refractivity contribution in [2.75, 3.05) is 0 Å². The molecular formula is C16H16ClN3O. The molecule has 1 aromatic carbocycles. The molecule has 0 saturated heterocycles. The minimum atomic E-state index is -0.311. The van der Waals surface area contributed by atoms with Crippen LogP contribution in [-0.2, 0) is 6.54 Å². The molecule has 0 saturated carbocycles. The predicted octanol–water partition coefficient (Wildman–Crippen LogP) is 2.78. The van der Waals surface area contributed by atoms with Crippen molar-refractivity contribution < 1.29 is 0 Å². The summed E-state index contributed by atoms with van der Waals surface area (Å²) in [5.74, 6) is 0. The summed E-state index contributed by atoms with van der Waals surface area (Å²) in [7, 11) is 0. The van der Waals surface area contributed by atoms with Crippen LogP contribution in [0, 0.1) is 11.3 Å². The van der Waals surface area contributed by atoms with Gasteiger partial charge in [0.1, 0.15) is 11.6 Å². The van der Waals surface area contributed by atoms with Crippen molar-refractivity contribution in [1.29, 1.82) is 5.26 Å². The Morgan fingerprint density at radius 1 is 1.29 bits per heavy atom. The minimum absolute atomic E-state index is 0.121. The van der Waals surface area contributed by atoms with Crippen LogP contribution in [0.1, 0.15) is 18.9 Å². The first-order chi connectivity index (χ1) is 10.1. The van der Waals surface area contributed by atoms with Gasteiger partial charge in [-0.1, -0.05) is 30.7 Å². The van der Waals surface area contributed by atoms with Gasteiger partial charge >= 0.3 is 0 Å². The molecule has 0 bridgehead atoms. The summed E-state index contributed by atoms with van der Waals surface area (Å²) < 4.78 is 1.57. The molecule has 0 aliphatic carbocycles. The minimum Gasteiger partial charge on any atom is -0.326 e. The first-order valence-electron chi connectivity index (χ1n) is 6.72. The summed E-state index contributed by atoms with van der Waals surface area (Å²) in [6, 6.07) is 12.3. The van der Waals surface area contributed by atoms with E-state index in [-0.39, 0.29) is 17.2 Å². The Morgan fingerprint density at radius 2 is 1.95 bits per heavy atom. The van der Waals surface area contributed by atoms with E-state index in [1.165, 1.54) is 0 Å². The fourth-order valence-corrected chi connectivity index (χ4v) is 2.21. The molecule has 0 amide bonds. The second-order valence-electron chi connectivity index (χ2n) is 4.84. The van der Waals surface area contributed by atoms with Crippen molar-refractivity contribution in [1.82, 2.24) is 4.57 Å². The smallest absolute Gasteiger partial charge is 0.268 e. The first-order valence-corrected chi connectivity index (χ1v) is 7.10.